The highest BCUT2D eigenvalue weighted by Crippen LogP contribution is 2.42. The molecule has 114 valence electrons. The van der Waals surface area contributed by atoms with Crippen LogP contribution in [-0.2, 0) is 11.8 Å². The summed E-state index contributed by atoms with van der Waals surface area (Å²) in [7, 11) is 3.93. The first kappa shape index (κ1) is 15.5. The van der Waals surface area contributed by atoms with Crippen molar-refractivity contribution in [2.45, 2.75) is 57.6 Å². The summed E-state index contributed by atoms with van der Waals surface area (Å²) in [6, 6.07) is 0.181. The van der Waals surface area contributed by atoms with E-state index in [-0.39, 0.29) is 11.6 Å². The summed E-state index contributed by atoms with van der Waals surface area (Å²) in [5, 5.41) is 3.68. The first-order chi connectivity index (χ1) is 9.63. The fourth-order valence-corrected chi connectivity index (χ4v) is 3.32. The van der Waals surface area contributed by atoms with Crippen LogP contribution in [-0.4, -0.2) is 28.8 Å². The molecule has 1 unspecified atom stereocenters. The first-order valence-electron chi connectivity index (χ1n) is 7.88. The normalized spacial score (nSPS) is 28.5. The number of hydrogen-bond donors (Lipinski definition) is 1. The molecular formula is C16H29N3O. The van der Waals surface area contributed by atoms with E-state index in [0.717, 1.165) is 37.5 Å². The Bertz CT molecular complexity index is 408. The lowest BCUT2D eigenvalue weighted by molar-refractivity contribution is -0.0784. The Hall–Kier alpha value is -0.870. The molecule has 1 aliphatic rings. The van der Waals surface area contributed by atoms with Crippen molar-refractivity contribution >= 4 is 0 Å². The summed E-state index contributed by atoms with van der Waals surface area (Å²) in [5.74, 6) is 1.90. The average Bonchev–Trinajstić information content (AvgIpc) is 2.88. The van der Waals surface area contributed by atoms with Gasteiger partial charge in [0.2, 0.25) is 0 Å². The van der Waals surface area contributed by atoms with Crippen molar-refractivity contribution < 1.29 is 4.74 Å². The predicted molar refractivity (Wildman–Crippen MR) is 81.6 cm³/mol. The molecule has 0 bridgehead atoms. The zero-order chi connectivity index (χ0) is 14.6. The van der Waals surface area contributed by atoms with Crippen molar-refractivity contribution in [2.24, 2.45) is 13.0 Å². The Labute approximate surface area is 122 Å². The molecule has 0 amide bonds. The van der Waals surface area contributed by atoms with Crippen LogP contribution in [0.5, 0.6) is 0 Å². The Morgan fingerprint density at radius 2 is 2.20 bits per heavy atom. The van der Waals surface area contributed by atoms with Crippen molar-refractivity contribution in [3.63, 3.8) is 0 Å². The molecule has 1 fully saturated rings. The second kappa shape index (κ2) is 6.72. The minimum atomic E-state index is -0.110. The lowest BCUT2D eigenvalue weighted by atomic mass is 9.75. The Balaban J connectivity index is 2.26. The monoisotopic (exact) mass is 279 g/mol. The summed E-state index contributed by atoms with van der Waals surface area (Å²) < 4.78 is 8.17. The van der Waals surface area contributed by atoms with E-state index in [1.54, 1.807) is 0 Å². The smallest absolute Gasteiger partial charge is 0.128 e. The van der Waals surface area contributed by atoms with Crippen molar-refractivity contribution in [3.05, 3.63) is 18.2 Å². The van der Waals surface area contributed by atoms with Gasteiger partial charge in [0.05, 0.1) is 11.6 Å². The maximum atomic E-state index is 6.05. The minimum Gasteiger partial charge on any atom is -0.376 e. The SMILES string of the molecule is CCCNC(c1nccn1C)C1(OC)CCC(C)CC1. The molecule has 1 atom stereocenters. The fourth-order valence-electron chi connectivity index (χ4n) is 3.32. The number of methoxy groups -OCH3 is 1. The summed E-state index contributed by atoms with van der Waals surface area (Å²) in [4.78, 5) is 4.58. The highest BCUT2D eigenvalue weighted by Gasteiger charge is 2.43. The third-order valence-electron chi connectivity index (χ3n) is 4.77. The van der Waals surface area contributed by atoms with Crippen LogP contribution < -0.4 is 5.32 Å². The Kier molecular flexibility index (Phi) is 5.22. The van der Waals surface area contributed by atoms with Crippen LogP contribution in [0.1, 0.15) is 57.8 Å². The molecule has 1 N–H and O–H groups in total. The number of aryl methyl sites for hydroxylation is 1. The largest absolute Gasteiger partial charge is 0.376 e. The number of nitrogens with one attached hydrogen (secondary N) is 1. The van der Waals surface area contributed by atoms with E-state index in [0.29, 0.717) is 0 Å². The standard InChI is InChI=1S/C16H29N3O/c1-5-10-17-14(15-18-11-12-19(15)3)16(20-4)8-6-13(2)7-9-16/h11-14,17H,5-10H2,1-4H3. The molecule has 1 aromatic rings. The van der Waals surface area contributed by atoms with E-state index in [1.807, 2.05) is 19.5 Å². The van der Waals surface area contributed by atoms with Crippen LogP contribution in [0.15, 0.2) is 12.4 Å². The molecule has 1 heterocycles. The Morgan fingerprint density at radius 3 is 2.70 bits per heavy atom. The molecule has 1 aliphatic carbocycles. The van der Waals surface area contributed by atoms with Gasteiger partial charge in [-0.05, 0) is 44.6 Å². The second-order valence-corrected chi connectivity index (χ2v) is 6.23. The molecule has 0 spiro atoms. The van der Waals surface area contributed by atoms with Crippen molar-refractivity contribution in [1.29, 1.82) is 0 Å². The van der Waals surface area contributed by atoms with Crippen LogP contribution in [0.25, 0.3) is 0 Å². The lowest BCUT2D eigenvalue weighted by Crippen LogP contribution is -2.49. The number of rotatable bonds is 6. The van der Waals surface area contributed by atoms with Gasteiger partial charge in [-0.2, -0.15) is 0 Å². The molecule has 0 saturated heterocycles. The third kappa shape index (κ3) is 3.07. The quantitative estimate of drug-likeness (QED) is 0.870. The summed E-state index contributed by atoms with van der Waals surface area (Å²) in [6.45, 7) is 5.54. The Morgan fingerprint density at radius 1 is 1.50 bits per heavy atom. The molecule has 1 saturated carbocycles. The van der Waals surface area contributed by atoms with Gasteiger partial charge in [0.25, 0.3) is 0 Å². The molecule has 1 aromatic heterocycles. The summed E-state index contributed by atoms with van der Waals surface area (Å²) >= 11 is 0. The number of ether oxygens (including phenoxy) is 1. The molecule has 0 radical (unpaired) electrons. The zero-order valence-electron chi connectivity index (χ0n) is 13.4. The van der Waals surface area contributed by atoms with Crippen LogP contribution in [0.3, 0.4) is 0 Å². The fraction of sp³-hybridized carbons (Fsp3) is 0.812. The third-order valence-corrected chi connectivity index (χ3v) is 4.77. The summed E-state index contributed by atoms with van der Waals surface area (Å²) in [5.41, 5.74) is -0.110. The number of nitrogens with zero attached hydrogens (tertiary/aromatic N) is 2. The highest BCUT2D eigenvalue weighted by atomic mass is 16.5. The molecule has 0 aliphatic heterocycles. The maximum absolute atomic E-state index is 6.05. The van der Waals surface area contributed by atoms with Gasteiger partial charge in [0.1, 0.15) is 5.82 Å². The van der Waals surface area contributed by atoms with Crippen LogP contribution in [0, 0.1) is 5.92 Å². The minimum absolute atomic E-state index is 0.110. The molecule has 20 heavy (non-hydrogen) atoms. The number of imidazole rings is 1. The topological polar surface area (TPSA) is 39.1 Å². The lowest BCUT2D eigenvalue weighted by Gasteiger charge is -2.44. The predicted octanol–water partition coefficient (Wildman–Crippen LogP) is 3.06. The van der Waals surface area contributed by atoms with Crippen molar-refractivity contribution in [1.82, 2.24) is 14.9 Å². The van der Waals surface area contributed by atoms with E-state index in [4.69, 9.17) is 4.74 Å². The van der Waals surface area contributed by atoms with E-state index >= 15 is 0 Å². The van der Waals surface area contributed by atoms with Crippen molar-refractivity contribution in [2.75, 3.05) is 13.7 Å². The van der Waals surface area contributed by atoms with Crippen LogP contribution >= 0.6 is 0 Å². The van der Waals surface area contributed by atoms with Gasteiger partial charge in [-0.3, -0.25) is 0 Å². The second-order valence-electron chi connectivity index (χ2n) is 6.23. The molecule has 0 aromatic carbocycles. The van der Waals surface area contributed by atoms with E-state index in [2.05, 4.69) is 35.8 Å². The molecular weight excluding hydrogens is 250 g/mol. The average molecular weight is 279 g/mol. The van der Waals surface area contributed by atoms with Crippen LogP contribution in [0.2, 0.25) is 0 Å². The van der Waals surface area contributed by atoms with Gasteiger partial charge in [-0.15, -0.1) is 0 Å². The molecule has 4 nitrogen and oxygen atoms in total. The molecule has 2 rings (SSSR count). The summed E-state index contributed by atoms with van der Waals surface area (Å²) in [6.07, 6.45) is 9.72. The van der Waals surface area contributed by atoms with Gasteiger partial charge in [0.15, 0.2) is 0 Å². The van der Waals surface area contributed by atoms with E-state index < -0.39 is 0 Å². The number of hydrogen-bond acceptors (Lipinski definition) is 3. The van der Waals surface area contributed by atoms with Gasteiger partial charge >= 0.3 is 0 Å². The molecule has 4 heteroatoms. The van der Waals surface area contributed by atoms with Gasteiger partial charge < -0.3 is 14.6 Å². The van der Waals surface area contributed by atoms with Crippen molar-refractivity contribution in [3.8, 4) is 0 Å². The van der Waals surface area contributed by atoms with Gasteiger partial charge in [0, 0.05) is 26.6 Å². The highest BCUT2D eigenvalue weighted by molar-refractivity contribution is 5.09. The van der Waals surface area contributed by atoms with Gasteiger partial charge in [-0.25, -0.2) is 4.98 Å². The maximum Gasteiger partial charge on any atom is 0.128 e. The van der Waals surface area contributed by atoms with E-state index in [1.165, 1.54) is 12.8 Å². The van der Waals surface area contributed by atoms with E-state index in [9.17, 15) is 0 Å². The number of aromatic nitrogens is 2. The van der Waals surface area contributed by atoms with Crippen LogP contribution in [0.4, 0.5) is 0 Å². The van der Waals surface area contributed by atoms with Gasteiger partial charge in [-0.1, -0.05) is 13.8 Å². The first-order valence-corrected chi connectivity index (χ1v) is 7.88. The zero-order valence-corrected chi connectivity index (χ0v) is 13.4.